The molecule has 0 saturated heterocycles. The molecule has 106 valence electrons. The molecule has 0 aromatic carbocycles. The van der Waals surface area contributed by atoms with Crippen molar-refractivity contribution >= 4 is 17.3 Å². The van der Waals surface area contributed by atoms with E-state index in [2.05, 4.69) is 4.98 Å². The summed E-state index contributed by atoms with van der Waals surface area (Å²) >= 11 is 1.51. The zero-order valence-corrected chi connectivity index (χ0v) is 12.4. The predicted octanol–water partition coefficient (Wildman–Crippen LogP) is 3.52. The van der Waals surface area contributed by atoms with Crippen molar-refractivity contribution in [3.05, 3.63) is 16.1 Å². The predicted molar refractivity (Wildman–Crippen MR) is 74.5 cm³/mol. The van der Waals surface area contributed by atoms with E-state index in [1.54, 1.807) is 19.4 Å². The fraction of sp³-hybridized carbons (Fsp3) is 0.714. The highest BCUT2D eigenvalue weighted by Crippen LogP contribution is 2.40. The first-order valence-corrected chi connectivity index (χ1v) is 7.78. The number of carbonyl (C=O) groups is 1. The van der Waals surface area contributed by atoms with Gasteiger partial charge in [0.15, 0.2) is 5.69 Å². The smallest absolute Gasteiger partial charge is 0.357 e. The minimum atomic E-state index is -0.343. The van der Waals surface area contributed by atoms with Gasteiger partial charge in [-0.3, -0.25) is 0 Å². The Morgan fingerprint density at radius 2 is 2.05 bits per heavy atom. The van der Waals surface area contributed by atoms with Crippen molar-refractivity contribution in [2.24, 2.45) is 0 Å². The second-order valence-corrected chi connectivity index (χ2v) is 5.73. The molecule has 0 spiro atoms. The summed E-state index contributed by atoms with van der Waals surface area (Å²) in [6.45, 7) is 2.17. The fourth-order valence-corrected chi connectivity index (χ4v) is 3.61. The molecule has 2 rings (SSSR count). The van der Waals surface area contributed by atoms with Crippen molar-refractivity contribution < 1.29 is 14.3 Å². The topological polar surface area (TPSA) is 48.4 Å². The summed E-state index contributed by atoms with van der Waals surface area (Å²) in [4.78, 5) is 16.1. The number of ether oxygens (including phenoxy) is 2. The van der Waals surface area contributed by atoms with Gasteiger partial charge in [0.05, 0.1) is 6.61 Å². The molecule has 0 bridgehead atoms. The maximum atomic E-state index is 11.7. The van der Waals surface area contributed by atoms with Crippen molar-refractivity contribution in [1.29, 1.82) is 0 Å². The Labute approximate surface area is 118 Å². The largest absolute Gasteiger partial charge is 0.461 e. The van der Waals surface area contributed by atoms with Crippen molar-refractivity contribution in [2.75, 3.05) is 13.7 Å². The van der Waals surface area contributed by atoms with Crippen LogP contribution in [-0.2, 0) is 15.1 Å². The van der Waals surface area contributed by atoms with Crippen LogP contribution in [0.4, 0.5) is 0 Å². The average Bonchev–Trinajstić information content (AvgIpc) is 2.79. The fourth-order valence-electron chi connectivity index (χ4n) is 2.59. The lowest BCUT2D eigenvalue weighted by molar-refractivity contribution is -0.0280. The van der Waals surface area contributed by atoms with Crippen LogP contribution in [0.15, 0.2) is 5.38 Å². The van der Waals surface area contributed by atoms with Gasteiger partial charge < -0.3 is 9.47 Å². The third kappa shape index (κ3) is 3.15. The molecule has 1 saturated carbocycles. The molecule has 1 aromatic rings. The van der Waals surface area contributed by atoms with Crippen molar-refractivity contribution in [2.45, 2.75) is 51.0 Å². The Balaban J connectivity index is 2.21. The summed E-state index contributed by atoms with van der Waals surface area (Å²) in [6.07, 6.45) is 6.78. The third-order valence-electron chi connectivity index (χ3n) is 3.68. The molecular formula is C14H21NO3S. The normalized spacial score (nSPS) is 18.8. The number of esters is 1. The Kier molecular flexibility index (Phi) is 4.93. The van der Waals surface area contributed by atoms with E-state index < -0.39 is 0 Å². The van der Waals surface area contributed by atoms with E-state index in [-0.39, 0.29) is 11.6 Å². The summed E-state index contributed by atoms with van der Waals surface area (Å²) in [6, 6.07) is 0. The van der Waals surface area contributed by atoms with Gasteiger partial charge in [0.25, 0.3) is 0 Å². The summed E-state index contributed by atoms with van der Waals surface area (Å²) in [7, 11) is 1.75. The molecule has 1 aromatic heterocycles. The minimum Gasteiger partial charge on any atom is -0.461 e. The van der Waals surface area contributed by atoms with E-state index >= 15 is 0 Å². The van der Waals surface area contributed by atoms with Gasteiger partial charge >= 0.3 is 5.97 Å². The van der Waals surface area contributed by atoms with Crippen molar-refractivity contribution in [1.82, 2.24) is 4.98 Å². The SMILES string of the molecule is CCOC(=O)c1csc(C2(OC)CCCCCC2)n1. The van der Waals surface area contributed by atoms with Crippen LogP contribution >= 0.6 is 11.3 Å². The third-order valence-corrected chi connectivity index (χ3v) is 4.71. The van der Waals surface area contributed by atoms with Crippen LogP contribution < -0.4 is 0 Å². The van der Waals surface area contributed by atoms with Crippen LogP contribution in [0, 0.1) is 0 Å². The van der Waals surface area contributed by atoms with E-state index in [0.29, 0.717) is 12.3 Å². The minimum absolute atomic E-state index is 0.300. The number of aromatic nitrogens is 1. The summed E-state index contributed by atoms with van der Waals surface area (Å²) < 4.78 is 10.8. The van der Waals surface area contributed by atoms with E-state index in [0.717, 1.165) is 30.7 Å². The number of hydrogen-bond donors (Lipinski definition) is 0. The first-order valence-electron chi connectivity index (χ1n) is 6.90. The lowest BCUT2D eigenvalue weighted by Crippen LogP contribution is -2.27. The van der Waals surface area contributed by atoms with Crippen LogP contribution in [0.1, 0.15) is 60.9 Å². The Morgan fingerprint density at radius 3 is 2.63 bits per heavy atom. The molecule has 0 radical (unpaired) electrons. The van der Waals surface area contributed by atoms with E-state index in [1.807, 2.05) is 0 Å². The van der Waals surface area contributed by atoms with Gasteiger partial charge in [0, 0.05) is 12.5 Å². The lowest BCUT2D eigenvalue weighted by atomic mass is 9.95. The molecule has 4 nitrogen and oxygen atoms in total. The standard InChI is InChI=1S/C14H21NO3S/c1-3-18-12(16)11-10-19-13(15-11)14(17-2)8-6-4-5-7-9-14/h10H,3-9H2,1-2H3. The van der Waals surface area contributed by atoms with Crippen LogP contribution in [0.2, 0.25) is 0 Å². The van der Waals surface area contributed by atoms with Crippen LogP contribution in [0.3, 0.4) is 0 Å². The molecule has 1 heterocycles. The highest BCUT2D eigenvalue weighted by Gasteiger charge is 2.36. The van der Waals surface area contributed by atoms with Gasteiger partial charge in [0.1, 0.15) is 10.6 Å². The van der Waals surface area contributed by atoms with E-state index in [1.165, 1.54) is 24.2 Å². The summed E-state index contributed by atoms with van der Waals surface area (Å²) in [5.41, 5.74) is 0.105. The number of nitrogens with zero attached hydrogens (tertiary/aromatic N) is 1. The Hall–Kier alpha value is -0.940. The molecule has 0 aliphatic heterocycles. The Bertz CT molecular complexity index is 422. The first kappa shape index (κ1) is 14.5. The van der Waals surface area contributed by atoms with E-state index in [4.69, 9.17) is 9.47 Å². The van der Waals surface area contributed by atoms with Gasteiger partial charge in [-0.2, -0.15) is 0 Å². The lowest BCUT2D eigenvalue weighted by Gasteiger charge is -2.28. The molecule has 1 fully saturated rings. The van der Waals surface area contributed by atoms with Gasteiger partial charge in [-0.25, -0.2) is 9.78 Å². The quantitative estimate of drug-likeness (QED) is 0.626. The first-order chi connectivity index (χ1) is 9.22. The molecule has 5 heteroatoms. The number of rotatable bonds is 4. The molecule has 0 unspecified atom stereocenters. The van der Waals surface area contributed by atoms with Gasteiger partial charge in [-0.1, -0.05) is 25.7 Å². The summed E-state index contributed by atoms with van der Waals surface area (Å²) in [5.74, 6) is -0.343. The van der Waals surface area contributed by atoms with Gasteiger partial charge in [-0.15, -0.1) is 11.3 Å². The zero-order valence-electron chi connectivity index (χ0n) is 11.6. The summed E-state index contributed by atoms with van der Waals surface area (Å²) in [5, 5.41) is 2.69. The monoisotopic (exact) mass is 283 g/mol. The van der Waals surface area contributed by atoms with E-state index in [9.17, 15) is 4.79 Å². The second kappa shape index (κ2) is 6.48. The number of thiazole rings is 1. The second-order valence-electron chi connectivity index (χ2n) is 4.87. The maximum absolute atomic E-state index is 11.7. The number of methoxy groups -OCH3 is 1. The number of hydrogen-bond acceptors (Lipinski definition) is 5. The highest BCUT2D eigenvalue weighted by molar-refractivity contribution is 7.10. The van der Waals surface area contributed by atoms with Crippen LogP contribution in [0.25, 0.3) is 0 Å². The molecule has 1 aliphatic carbocycles. The highest BCUT2D eigenvalue weighted by atomic mass is 32.1. The van der Waals surface area contributed by atoms with Gasteiger partial charge in [-0.05, 0) is 19.8 Å². The Morgan fingerprint density at radius 1 is 1.37 bits per heavy atom. The molecule has 19 heavy (non-hydrogen) atoms. The average molecular weight is 283 g/mol. The maximum Gasteiger partial charge on any atom is 0.357 e. The van der Waals surface area contributed by atoms with Gasteiger partial charge in [0.2, 0.25) is 0 Å². The molecule has 0 atom stereocenters. The van der Waals surface area contributed by atoms with Crippen molar-refractivity contribution in [3.8, 4) is 0 Å². The van der Waals surface area contributed by atoms with Crippen molar-refractivity contribution in [3.63, 3.8) is 0 Å². The molecular weight excluding hydrogens is 262 g/mol. The molecule has 0 amide bonds. The molecule has 0 N–H and O–H groups in total. The molecule has 1 aliphatic rings. The zero-order chi connectivity index (χ0) is 13.7. The number of carbonyl (C=O) groups excluding carboxylic acids is 1. The van der Waals surface area contributed by atoms with Crippen LogP contribution in [0.5, 0.6) is 0 Å². The van der Waals surface area contributed by atoms with Crippen LogP contribution in [-0.4, -0.2) is 24.7 Å².